The van der Waals surface area contributed by atoms with Gasteiger partial charge in [0.25, 0.3) is 0 Å². The molecule has 0 aliphatic carbocycles. The molecule has 1 N–H and O–H groups in total. The molecular formula is C14H19F3N2O2. The van der Waals surface area contributed by atoms with Gasteiger partial charge in [-0.05, 0) is 31.7 Å². The molecule has 7 heteroatoms. The minimum Gasteiger partial charge on any atom is -0.478 e. The van der Waals surface area contributed by atoms with Crippen molar-refractivity contribution in [2.45, 2.75) is 45.2 Å². The number of pyridine rings is 1. The first kappa shape index (κ1) is 17.3. The van der Waals surface area contributed by atoms with Crippen LogP contribution in [0, 0.1) is 0 Å². The van der Waals surface area contributed by atoms with Crippen molar-refractivity contribution in [1.82, 2.24) is 4.98 Å². The third-order valence-electron chi connectivity index (χ3n) is 2.88. The number of hydrogen-bond donors (Lipinski definition) is 1. The van der Waals surface area contributed by atoms with E-state index in [1.807, 2.05) is 6.92 Å². The molecule has 0 saturated heterocycles. The Labute approximate surface area is 121 Å². The maximum Gasteiger partial charge on any atom is 0.417 e. The second-order valence-corrected chi connectivity index (χ2v) is 4.60. The summed E-state index contributed by atoms with van der Waals surface area (Å²) in [6.07, 6.45) is 0.286. The summed E-state index contributed by atoms with van der Waals surface area (Å²) in [4.78, 5) is 3.61. The minimum atomic E-state index is -4.39. The van der Waals surface area contributed by atoms with Gasteiger partial charge in [-0.2, -0.15) is 13.2 Å². The first-order valence-corrected chi connectivity index (χ1v) is 6.83. The molecule has 1 rings (SSSR count). The summed E-state index contributed by atoms with van der Waals surface area (Å²) < 4.78 is 42.3. The van der Waals surface area contributed by atoms with Gasteiger partial charge in [-0.1, -0.05) is 18.5 Å². The topological polar surface area (TPSA) is 54.7 Å². The van der Waals surface area contributed by atoms with E-state index >= 15 is 0 Å². The monoisotopic (exact) mass is 304 g/mol. The van der Waals surface area contributed by atoms with E-state index in [9.17, 15) is 13.2 Å². The van der Waals surface area contributed by atoms with Gasteiger partial charge in [0.2, 0.25) is 5.88 Å². The Kier molecular flexibility index (Phi) is 6.98. The van der Waals surface area contributed by atoms with Gasteiger partial charge in [0.1, 0.15) is 0 Å². The molecule has 0 amide bonds. The molecule has 0 aromatic carbocycles. The molecule has 0 spiro atoms. The highest BCUT2D eigenvalue weighted by molar-refractivity contribution is 5.83. The number of alkyl halides is 3. The summed E-state index contributed by atoms with van der Waals surface area (Å²) in [6.45, 7) is 2.36. The van der Waals surface area contributed by atoms with E-state index in [0.29, 0.717) is 25.2 Å². The summed E-state index contributed by atoms with van der Waals surface area (Å²) in [5.41, 5.74) is -0.0926. The molecule has 0 atom stereocenters. The fourth-order valence-electron chi connectivity index (χ4n) is 1.69. The van der Waals surface area contributed by atoms with Gasteiger partial charge in [0.05, 0.1) is 17.9 Å². The van der Waals surface area contributed by atoms with Crippen molar-refractivity contribution in [1.29, 1.82) is 0 Å². The fourth-order valence-corrected chi connectivity index (χ4v) is 1.69. The second kappa shape index (κ2) is 8.49. The zero-order valence-corrected chi connectivity index (χ0v) is 11.9. The Morgan fingerprint density at radius 3 is 2.52 bits per heavy atom. The normalized spacial score (nSPS) is 12.5. The molecule has 0 aliphatic rings. The molecule has 1 aromatic heterocycles. The fraction of sp³-hybridized carbons (Fsp3) is 0.571. The number of aromatic nitrogens is 1. The molecule has 0 bridgehead atoms. The van der Waals surface area contributed by atoms with Gasteiger partial charge in [-0.3, -0.25) is 0 Å². The van der Waals surface area contributed by atoms with Gasteiger partial charge < -0.3 is 9.94 Å². The number of ether oxygens (including phenoxy) is 1. The standard InChI is InChI=1S/C14H19F3N2O2/c1-2-3-5-12(19-20)6-4-9-21-13-8-7-11(10-18-13)14(15,16)17/h7-8,10,20H,2-6,9H2,1H3/b19-12+. The van der Waals surface area contributed by atoms with Crippen molar-refractivity contribution in [2.24, 2.45) is 5.16 Å². The van der Waals surface area contributed by atoms with Crippen LogP contribution >= 0.6 is 0 Å². The Morgan fingerprint density at radius 2 is 2.00 bits per heavy atom. The van der Waals surface area contributed by atoms with E-state index in [4.69, 9.17) is 9.94 Å². The molecule has 21 heavy (non-hydrogen) atoms. The van der Waals surface area contributed by atoms with E-state index < -0.39 is 11.7 Å². The molecule has 0 fully saturated rings. The lowest BCUT2D eigenvalue weighted by Gasteiger charge is -2.08. The Hall–Kier alpha value is -1.79. The third-order valence-corrected chi connectivity index (χ3v) is 2.88. The van der Waals surface area contributed by atoms with E-state index in [2.05, 4.69) is 10.1 Å². The Bertz CT molecular complexity index is 445. The molecule has 0 aliphatic heterocycles. The highest BCUT2D eigenvalue weighted by Crippen LogP contribution is 2.29. The van der Waals surface area contributed by atoms with Gasteiger partial charge in [0.15, 0.2) is 0 Å². The van der Waals surface area contributed by atoms with E-state index in [1.165, 1.54) is 6.07 Å². The molecule has 4 nitrogen and oxygen atoms in total. The molecule has 118 valence electrons. The van der Waals surface area contributed by atoms with Crippen LogP contribution in [-0.2, 0) is 6.18 Å². The molecule has 1 aromatic rings. The van der Waals surface area contributed by atoms with Crippen molar-refractivity contribution < 1.29 is 23.1 Å². The SMILES string of the molecule is CCCC/C(CCCOc1ccc(C(F)(F)F)cn1)=N\O. The third kappa shape index (κ3) is 6.46. The predicted molar refractivity (Wildman–Crippen MR) is 72.7 cm³/mol. The van der Waals surface area contributed by atoms with Crippen LogP contribution in [0.2, 0.25) is 0 Å². The quantitative estimate of drug-likeness (QED) is 0.337. The van der Waals surface area contributed by atoms with Crippen LogP contribution in [0.15, 0.2) is 23.5 Å². The number of nitrogens with zero attached hydrogens (tertiary/aromatic N) is 2. The molecule has 0 unspecified atom stereocenters. The highest BCUT2D eigenvalue weighted by Gasteiger charge is 2.30. The van der Waals surface area contributed by atoms with Gasteiger partial charge in [0, 0.05) is 12.3 Å². The molecule has 1 heterocycles. The Balaban J connectivity index is 2.33. The average Bonchev–Trinajstić information content (AvgIpc) is 2.46. The number of hydrogen-bond acceptors (Lipinski definition) is 4. The van der Waals surface area contributed by atoms with Crippen molar-refractivity contribution in [3.63, 3.8) is 0 Å². The van der Waals surface area contributed by atoms with Crippen LogP contribution < -0.4 is 4.74 Å². The summed E-state index contributed by atoms with van der Waals surface area (Å²) in [5.74, 6) is 0.152. The molecular weight excluding hydrogens is 285 g/mol. The molecule has 0 radical (unpaired) electrons. The van der Waals surface area contributed by atoms with Crippen LogP contribution in [0.4, 0.5) is 13.2 Å². The minimum absolute atomic E-state index is 0.152. The smallest absolute Gasteiger partial charge is 0.417 e. The van der Waals surface area contributed by atoms with Crippen molar-refractivity contribution in [3.8, 4) is 5.88 Å². The number of oxime groups is 1. The van der Waals surface area contributed by atoms with Crippen LogP contribution in [0.5, 0.6) is 5.88 Å². The van der Waals surface area contributed by atoms with Crippen molar-refractivity contribution in [3.05, 3.63) is 23.9 Å². The lowest BCUT2D eigenvalue weighted by atomic mass is 10.1. The van der Waals surface area contributed by atoms with E-state index in [1.54, 1.807) is 0 Å². The van der Waals surface area contributed by atoms with Gasteiger partial charge in [-0.15, -0.1) is 0 Å². The maximum atomic E-state index is 12.3. The zero-order valence-electron chi connectivity index (χ0n) is 11.9. The van der Waals surface area contributed by atoms with Crippen LogP contribution in [-0.4, -0.2) is 22.5 Å². The van der Waals surface area contributed by atoms with E-state index in [0.717, 1.165) is 31.5 Å². The number of halogens is 3. The summed E-state index contributed by atoms with van der Waals surface area (Å²) in [7, 11) is 0. The van der Waals surface area contributed by atoms with Gasteiger partial charge >= 0.3 is 6.18 Å². The summed E-state index contributed by atoms with van der Waals surface area (Å²) in [5, 5.41) is 12.0. The van der Waals surface area contributed by atoms with Crippen molar-refractivity contribution in [2.75, 3.05) is 6.61 Å². The predicted octanol–water partition coefficient (Wildman–Crippen LogP) is 4.28. The average molecular weight is 304 g/mol. The first-order valence-electron chi connectivity index (χ1n) is 6.83. The summed E-state index contributed by atoms with van der Waals surface area (Å²) >= 11 is 0. The largest absolute Gasteiger partial charge is 0.478 e. The van der Waals surface area contributed by atoms with E-state index in [-0.39, 0.29) is 5.88 Å². The Morgan fingerprint density at radius 1 is 1.29 bits per heavy atom. The van der Waals surface area contributed by atoms with Crippen LogP contribution in [0.1, 0.15) is 44.6 Å². The number of rotatable bonds is 8. The first-order chi connectivity index (χ1) is 9.97. The number of unbranched alkanes of at least 4 members (excludes halogenated alkanes) is 1. The zero-order chi connectivity index (χ0) is 15.7. The van der Waals surface area contributed by atoms with Crippen LogP contribution in [0.3, 0.4) is 0 Å². The second-order valence-electron chi connectivity index (χ2n) is 4.60. The summed E-state index contributed by atoms with van der Waals surface area (Å²) in [6, 6.07) is 2.13. The maximum absolute atomic E-state index is 12.3. The highest BCUT2D eigenvalue weighted by atomic mass is 19.4. The lowest BCUT2D eigenvalue weighted by molar-refractivity contribution is -0.137. The molecule has 0 saturated carbocycles. The lowest BCUT2D eigenvalue weighted by Crippen LogP contribution is -2.07. The van der Waals surface area contributed by atoms with Crippen LogP contribution in [0.25, 0.3) is 0 Å². The van der Waals surface area contributed by atoms with Gasteiger partial charge in [-0.25, -0.2) is 4.98 Å². The van der Waals surface area contributed by atoms with Crippen molar-refractivity contribution >= 4 is 5.71 Å².